The molecule has 5 heteroatoms. The Hall–Kier alpha value is -1.65. The minimum Gasteiger partial charge on any atom is -0.478 e. The van der Waals surface area contributed by atoms with Crippen molar-refractivity contribution in [3.05, 3.63) is 23.6 Å². The van der Waals surface area contributed by atoms with Crippen molar-refractivity contribution in [2.75, 3.05) is 5.32 Å². The van der Waals surface area contributed by atoms with Crippen molar-refractivity contribution >= 4 is 11.8 Å². The molecule has 0 saturated carbocycles. The van der Waals surface area contributed by atoms with E-state index < -0.39 is 11.8 Å². The second-order valence-corrected chi connectivity index (χ2v) is 4.50. The van der Waals surface area contributed by atoms with E-state index in [1.54, 1.807) is 0 Å². The summed E-state index contributed by atoms with van der Waals surface area (Å²) in [5.74, 6) is -1.62. The van der Waals surface area contributed by atoms with Gasteiger partial charge >= 0.3 is 5.97 Å². The molecule has 0 aliphatic rings. The summed E-state index contributed by atoms with van der Waals surface area (Å²) in [6.07, 6.45) is 2.15. The average molecular weight is 240 g/mol. The monoisotopic (exact) mass is 240 g/mol. The number of hydrogen-bond acceptors (Lipinski definition) is 3. The van der Waals surface area contributed by atoms with Crippen molar-refractivity contribution in [2.24, 2.45) is 5.92 Å². The highest BCUT2D eigenvalue weighted by Crippen LogP contribution is 2.17. The van der Waals surface area contributed by atoms with E-state index >= 15 is 0 Å². The van der Waals surface area contributed by atoms with Gasteiger partial charge in [0.1, 0.15) is 5.56 Å². The maximum atomic E-state index is 13.7. The van der Waals surface area contributed by atoms with Gasteiger partial charge in [0.15, 0.2) is 11.6 Å². The van der Waals surface area contributed by atoms with Crippen LogP contribution in [0.3, 0.4) is 0 Å². The summed E-state index contributed by atoms with van der Waals surface area (Å²) in [6, 6.07) is 1.19. The van der Waals surface area contributed by atoms with Gasteiger partial charge in [0.2, 0.25) is 0 Å². The third kappa shape index (κ3) is 3.69. The van der Waals surface area contributed by atoms with Gasteiger partial charge in [-0.15, -0.1) is 0 Å². The van der Waals surface area contributed by atoms with E-state index in [2.05, 4.69) is 24.1 Å². The number of halogens is 1. The molecule has 0 aliphatic heterocycles. The molecule has 94 valence electrons. The van der Waals surface area contributed by atoms with Gasteiger partial charge in [0.05, 0.1) is 0 Å². The lowest BCUT2D eigenvalue weighted by Gasteiger charge is -2.17. The number of anilines is 1. The summed E-state index contributed by atoms with van der Waals surface area (Å²) in [6.45, 7) is 6.04. The zero-order valence-corrected chi connectivity index (χ0v) is 10.2. The molecule has 17 heavy (non-hydrogen) atoms. The summed E-state index contributed by atoms with van der Waals surface area (Å²) in [7, 11) is 0. The lowest BCUT2D eigenvalue weighted by Crippen LogP contribution is -2.20. The van der Waals surface area contributed by atoms with Crippen LogP contribution in [-0.2, 0) is 0 Å². The molecule has 1 heterocycles. The molecule has 0 radical (unpaired) electrons. The minimum atomic E-state index is -1.29. The van der Waals surface area contributed by atoms with Crippen LogP contribution in [-0.4, -0.2) is 22.1 Å². The van der Waals surface area contributed by atoms with Gasteiger partial charge in [-0.25, -0.2) is 14.2 Å². The number of nitrogens with one attached hydrogen (secondary N) is 1. The predicted octanol–water partition coefficient (Wildman–Crippen LogP) is 2.77. The lowest BCUT2D eigenvalue weighted by atomic mass is 10.1. The Morgan fingerprint density at radius 3 is 2.71 bits per heavy atom. The Bertz CT molecular complexity index is 407. The second kappa shape index (κ2) is 5.61. The number of nitrogens with zero attached hydrogens (tertiary/aromatic N) is 1. The van der Waals surface area contributed by atoms with Crippen molar-refractivity contribution in [1.29, 1.82) is 0 Å². The Kier molecular flexibility index (Phi) is 4.43. The largest absolute Gasteiger partial charge is 0.478 e. The molecule has 1 aromatic rings. The highest BCUT2D eigenvalue weighted by atomic mass is 19.1. The first-order valence-corrected chi connectivity index (χ1v) is 5.56. The smallest absolute Gasteiger partial charge is 0.338 e. The number of carboxylic acids is 1. The topological polar surface area (TPSA) is 62.2 Å². The van der Waals surface area contributed by atoms with Crippen LogP contribution in [0.5, 0.6) is 0 Å². The molecule has 0 saturated heterocycles. The first-order valence-electron chi connectivity index (χ1n) is 5.56. The van der Waals surface area contributed by atoms with Crippen molar-refractivity contribution < 1.29 is 14.3 Å². The van der Waals surface area contributed by atoms with Crippen LogP contribution in [0, 0.1) is 11.7 Å². The molecule has 1 aromatic heterocycles. The van der Waals surface area contributed by atoms with E-state index in [9.17, 15) is 9.18 Å². The SMILES string of the molecule is CC(C)CC(C)Nc1nccc(C(=O)O)c1F. The number of aromatic nitrogens is 1. The number of hydrogen-bond donors (Lipinski definition) is 2. The average Bonchev–Trinajstić information content (AvgIpc) is 2.19. The van der Waals surface area contributed by atoms with Gasteiger partial charge < -0.3 is 10.4 Å². The van der Waals surface area contributed by atoms with Crippen LogP contribution in [0.4, 0.5) is 10.2 Å². The standard InChI is InChI=1S/C12H17FN2O2/c1-7(2)6-8(3)15-11-10(13)9(12(16)17)4-5-14-11/h4-5,7-8H,6H2,1-3H3,(H,14,15)(H,16,17). The van der Waals surface area contributed by atoms with Crippen LogP contribution in [0.1, 0.15) is 37.6 Å². The fourth-order valence-electron chi connectivity index (χ4n) is 1.71. The normalized spacial score (nSPS) is 12.5. The molecule has 1 atom stereocenters. The number of carbonyl (C=O) groups is 1. The fourth-order valence-corrected chi connectivity index (χ4v) is 1.71. The highest BCUT2D eigenvalue weighted by molar-refractivity contribution is 5.88. The zero-order chi connectivity index (χ0) is 13.0. The quantitative estimate of drug-likeness (QED) is 0.830. The molecule has 0 bridgehead atoms. The molecule has 0 amide bonds. The van der Waals surface area contributed by atoms with E-state index in [1.807, 2.05) is 6.92 Å². The van der Waals surface area contributed by atoms with E-state index in [0.29, 0.717) is 5.92 Å². The first-order chi connectivity index (χ1) is 7.91. The minimum absolute atomic E-state index is 0.00181. The van der Waals surface area contributed by atoms with E-state index in [-0.39, 0.29) is 17.4 Å². The fraction of sp³-hybridized carbons (Fsp3) is 0.500. The van der Waals surface area contributed by atoms with Crippen molar-refractivity contribution in [3.63, 3.8) is 0 Å². The third-order valence-corrected chi connectivity index (χ3v) is 2.33. The van der Waals surface area contributed by atoms with Crippen molar-refractivity contribution in [1.82, 2.24) is 4.98 Å². The molecule has 0 aromatic carbocycles. The summed E-state index contributed by atoms with van der Waals surface area (Å²) < 4.78 is 13.7. The maximum absolute atomic E-state index is 13.7. The van der Waals surface area contributed by atoms with Crippen LogP contribution in [0.25, 0.3) is 0 Å². The van der Waals surface area contributed by atoms with Gasteiger partial charge in [0.25, 0.3) is 0 Å². The van der Waals surface area contributed by atoms with Crippen LogP contribution in [0.15, 0.2) is 12.3 Å². The highest BCUT2D eigenvalue weighted by Gasteiger charge is 2.16. The van der Waals surface area contributed by atoms with Gasteiger partial charge in [-0.05, 0) is 25.3 Å². The van der Waals surface area contributed by atoms with E-state index in [4.69, 9.17) is 5.11 Å². The molecule has 2 N–H and O–H groups in total. The molecule has 0 aliphatic carbocycles. The van der Waals surface area contributed by atoms with Gasteiger partial charge in [0, 0.05) is 12.2 Å². The summed E-state index contributed by atoms with van der Waals surface area (Å²) >= 11 is 0. The first kappa shape index (κ1) is 13.4. The summed E-state index contributed by atoms with van der Waals surface area (Å²) in [5, 5.41) is 11.7. The molecular formula is C12H17FN2O2. The number of rotatable bonds is 5. The Morgan fingerprint density at radius 2 is 2.18 bits per heavy atom. The molecule has 0 spiro atoms. The molecule has 1 rings (SSSR count). The molecule has 0 fully saturated rings. The predicted molar refractivity (Wildman–Crippen MR) is 63.7 cm³/mol. The second-order valence-electron chi connectivity index (χ2n) is 4.50. The van der Waals surface area contributed by atoms with Gasteiger partial charge in [-0.1, -0.05) is 13.8 Å². The third-order valence-electron chi connectivity index (χ3n) is 2.33. The van der Waals surface area contributed by atoms with E-state index in [0.717, 1.165) is 12.5 Å². The van der Waals surface area contributed by atoms with Gasteiger partial charge in [-0.3, -0.25) is 0 Å². The summed E-state index contributed by atoms with van der Waals surface area (Å²) in [4.78, 5) is 14.6. The zero-order valence-electron chi connectivity index (χ0n) is 10.2. The van der Waals surface area contributed by atoms with E-state index in [1.165, 1.54) is 6.20 Å². The number of aromatic carboxylic acids is 1. The van der Waals surface area contributed by atoms with Crippen LogP contribution in [0.2, 0.25) is 0 Å². The Labute approximate surface area is 99.9 Å². The Morgan fingerprint density at radius 1 is 1.53 bits per heavy atom. The molecule has 1 unspecified atom stereocenters. The van der Waals surface area contributed by atoms with Crippen LogP contribution < -0.4 is 5.32 Å². The maximum Gasteiger partial charge on any atom is 0.338 e. The molecular weight excluding hydrogens is 223 g/mol. The number of pyridine rings is 1. The van der Waals surface area contributed by atoms with Crippen molar-refractivity contribution in [2.45, 2.75) is 33.2 Å². The summed E-state index contributed by atoms with van der Waals surface area (Å²) in [5.41, 5.74) is -0.362. The Balaban J connectivity index is 2.85. The molecule has 4 nitrogen and oxygen atoms in total. The van der Waals surface area contributed by atoms with Crippen LogP contribution >= 0.6 is 0 Å². The van der Waals surface area contributed by atoms with Gasteiger partial charge in [-0.2, -0.15) is 0 Å². The lowest BCUT2D eigenvalue weighted by molar-refractivity contribution is 0.0692. The number of carboxylic acid groups (broad SMARTS) is 1. The van der Waals surface area contributed by atoms with Crippen molar-refractivity contribution in [3.8, 4) is 0 Å².